The first-order valence-corrected chi connectivity index (χ1v) is 6.59. The van der Waals surface area contributed by atoms with Crippen molar-refractivity contribution in [3.05, 3.63) is 48.7 Å². The van der Waals surface area contributed by atoms with Gasteiger partial charge < -0.3 is 10.5 Å². The zero-order chi connectivity index (χ0) is 14.7. The molecule has 0 spiro atoms. The third-order valence-electron chi connectivity index (χ3n) is 3.11. The Balaban J connectivity index is 2.07. The molecule has 0 fully saturated rings. The second kappa shape index (κ2) is 5.75. The number of nitrogen functional groups attached to an aromatic ring is 1. The highest BCUT2D eigenvalue weighted by atomic mass is 19.1. The summed E-state index contributed by atoms with van der Waals surface area (Å²) in [5, 5.41) is 0. The summed E-state index contributed by atoms with van der Waals surface area (Å²) >= 11 is 0. The van der Waals surface area contributed by atoms with Gasteiger partial charge in [0, 0.05) is 11.3 Å². The molecule has 0 amide bonds. The van der Waals surface area contributed by atoms with Gasteiger partial charge in [-0.1, -0.05) is 24.3 Å². The topological polar surface area (TPSA) is 61.0 Å². The minimum atomic E-state index is -0.539. The van der Waals surface area contributed by atoms with E-state index in [1.54, 1.807) is 12.3 Å². The molecule has 0 saturated heterocycles. The first-order valence-electron chi connectivity index (χ1n) is 6.59. The van der Waals surface area contributed by atoms with Crippen LogP contribution in [0.1, 0.15) is 0 Å². The summed E-state index contributed by atoms with van der Waals surface area (Å²) in [7, 11) is 0. The number of hydrogen-bond donors (Lipinski definition) is 1. The molecule has 3 aromatic rings. The van der Waals surface area contributed by atoms with Gasteiger partial charge in [0.2, 0.25) is 0 Å². The Morgan fingerprint density at radius 3 is 2.76 bits per heavy atom. The SMILES string of the molecule is Nc1ccccc1-c1cnc2c(OCCF)cccc2n1. The molecule has 3 rings (SSSR count). The molecule has 0 radical (unpaired) electrons. The number of ether oxygens (including phenoxy) is 1. The predicted octanol–water partition coefficient (Wildman–Crippen LogP) is 3.23. The molecule has 0 aliphatic heterocycles. The van der Waals surface area contributed by atoms with Crippen LogP contribution in [0.3, 0.4) is 0 Å². The summed E-state index contributed by atoms with van der Waals surface area (Å²) in [5.74, 6) is 0.533. The number of hydrogen-bond acceptors (Lipinski definition) is 4. The summed E-state index contributed by atoms with van der Waals surface area (Å²) in [6.45, 7) is -0.531. The minimum Gasteiger partial charge on any atom is -0.489 e. The van der Waals surface area contributed by atoms with Crippen LogP contribution >= 0.6 is 0 Å². The number of halogens is 1. The van der Waals surface area contributed by atoms with Crippen LogP contribution in [-0.2, 0) is 0 Å². The molecule has 0 unspecified atom stereocenters. The molecule has 4 nitrogen and oxygen atoms in total. The van der Waals surface area contributed by atoms with Crippen molar-refractivity contribution < 1.29 is 9.13 Å². The molecule has 0 bridgehead atoms. The average molecular weight is 283 g/mol. The summed E-state index contributed by atoms with van der Waals surface area (Å²) in [6.07, 6.45) is 1.65. The van der Waals surface area contributed by atoms with Gasteiger partial charge in [0.1, 0.15) is 24.5 Å². The number of rotatable bonds is 4. The number of anilines is 1. The molecule has 0 aliphatic carbocycles. The summed E-state index contributed by atoms with van der Waals surface area (Å²) in [6, 6.07) is 12.9. The number of para-hydroxylation sites is 2. The fourth-order valence-electron chi connectivity index (χ4n) is 2.14. The van der Waals surface area contributed by atoms with Crippen molar-refractivity contribution in [1.29, 1.82) is 0 Å². The lowest BCUT2D eigenvalue weighted by molar-refractivity contribution is 0.275. The Hall–Kier alpha value is -2.69. The van der Waals surface area contributed by atoms with Gasteiger partial charge >= 0.3 is 0 Å². The molecular weight excluding hydrogens is 269 g/mol. The van der Waals surface area contributed by atoms with Crippen molar-refractivity contribution in [2.24, 2.45) is 0 Å². The molecule has 2 N–H and O–H groups in total. The third kappa shape index (κ3) is 2.63. The summed E-state index contributed by atoms with van der Waals surface area (Å²) in [4.78, 5) is 8.94. The number of nitrogens with zero attached hydrogens (tertiary/aromatic N) is 2. The summed E-state index contributed by atoms with van der Waals surface area (Å²) in [5.41, 5.74) is 9.44. The second-order valence-electron chi connectivity index (χ2n) is 4.50. The quantitative estimate of drug-likeness (QED) is 0.747. The molecule has 21 heavy (non-hydrogen) atoms. The van der Waals surface area contributed by atoms with Gasteiger partial charge in [-0.25, -0.2) is 14.4 Å². The van der Waals surface area contributed by atoms with E-state index in [0.717, 1.165) is 5.56 Å². The maximum Gasteiger partial charge on any atom is 0.147 e. The standard InChI is InChI=1S/C16H14FN3O/c17-8-9-21-15-7-3-6-13-16(15)19-10-14(20-13)11-4-1-2-5-12(11)18/h1-7,10H,8-9,18H2. The zero-order valence-electron chi connectivity index (χ0n) is 11.3. The molecule has 0 atom stereocenters. The first-order chi connectivity index (χ1) is 10.3. The molecular formula is C16H14FN3O. The Labute approximate surface area is 121 Å². The van der Waals surface area contributed by atoms with Gasteiger partial charge in [0.15, 0.2) is 0 Å². The Kier molecular flexibility index (Phi) is 3.64. The maximum atomic E-state index is 12.2. The monoisotopic (exact) mass is 283 g/mol. The van der Waals surface area contributed by atoms with Crippen LogP contribution < -0.4 is 10.5 Å². The van der Waals surface area contributed by atoms with E-state index in [-0.39, 0.29) is 6.61 Å². The largest absolute Gasteiger partial charge is 0.489 e. The number of nitrogens with two attached hydrogens (primary N) is 1. The van der Waals surface area contributed by atoms with Crippen molar-refractivity contribution in [3.63, 3.8) is 0 Å². The van der Waals surface area contributed by atoms with E-state index in [9.17, 15) is 4.39 Å². The van der Waals surface area contributed by atoms with E-state index >= 15 is 0 Å². The molecule has 1 aromatic heterocycles. The average Bonchev–Trinajstić information content (AvgIpc) is 2.52. The zero-order valence-corrected chi connectivity index (χ0v) is 11.3. The molecule has 1 heterocycles. The van der Waals surface area contributed by atoms with E-state index in [4.69, 9.17) is 10.5 Å². The predicted molar refractivity (Wildman–Crippen MR) is 80.9 cm³/mol. The van der Waals surface area contributed by atoms with Gasteiger partial charge in [0.25, 0.3) is 0 Å². The number of fused-ring (bicyclic) bond motifs is 1. The smallest absolute Gasteiger partial charge is 0.147 e. The van der Waals surface area contributed by atoms with E-state index in [1.165, 1.54) is 0 Å². The van der Waals surface area contributed by atoms with Gasteiger partial charge in [0.05, 0.1) is 17.4 Å². The van der Waals surface area contributed by atoms with Crippen LogP contribution in [0, 0.1) is 0 Å². The van der Waals surface area contributed by atoms with Crippen molar-refractivity contribution in [2.75, 3.05) is 19.0 Å². The lowest BCUT2D eigenvalue weighted by atomic mass is 10.1. The third-order valence-corrected chi connectivity index (χ3v) is 3.11. The highest BCUT2D eigenvalue weighted by Crippen LogP contribution is 2.27. The van der Waals surface area contributed by atoms with Crippen molar-refractivity contribution in [3.8, 4) is 17.0 Å². The first kappa shape index (κ1) is 13.3. The Bertz CT molecular complexity index is 776. The van der Waals surface area contributed by atoms with E-state index in [0.29, 0.717) is 28.2 Å². The van der Waals surface area contributed by atoms with E-state index in [2.05, 4.69) is 9.97 Å². The molecule has 106 valence electrons. The van der Waals surface area contributed by atoms with Crippen LogP contribution in [0.4, 0.5) is 10.1 Å². The molecule has 2 aromatic carbocycles. The van der Waals surface area contributed by atoms with Crippen LogP contribution in [0.5, 0.6) is 5.75 Å². The molecule has 0 saturated carbocycles. The molecule has 5 heteroatoms. The normalized spacial score (nSPS) is 10.7. The van der Waals surface area contributed by atoms with Crippen LogP contribution in [0.2, 0.25) is 0 Å². The van der Waals surface area contributed by atoms with Gasteiger partial charge in [-0.05, 0) is 18.2 Å². The van der Waals surface area contributed by atoms with E-state index < -0.39 is 6.67 Å². The lowest BCUT2D eigenvalue weighted by Gasteiger charge is -2.09. The fourth-order valence-corrected chi connectivity index (χ4v) is 2.14. The maximum absolute atomic E-state index is 12.2. The highest BCUT2D eigenvalue weighted by molar-refractivity contribution is 5.84. The Morgan fingerprint density at radius 1 is 1.10 bits per heavy atom. The van der Waals surface area contributed by atoms with Gasteiger partial charge in [-0.15, -0.1) is 0 Å². The Morgan fingerprint density at radius 2 is 1.95 bits per heavy atom. The van der Waals surface area contributed by atoms with Crippen molar-refractivity contribution in [1.82, 2.24) is 9.97 Å². The van der Waals surface area contributed by atoms with Crippen molar-refractivity contribution >= 4 is 16.7 Å². The molecule has 0 aliphatic rings. The minimum absolute atomic E-state index is 0.00811. The number of alkyl halides is 1. The van der Waals surface area contributed by atoms with Gasteiger partial charge in [-0.2, -0.15) is 0 Å². The van der Waals surface area contributed by atoms with Gasteiger partial charge in [-0.3, -0.25) is 0 Å². The van der Waals surface area contributed by atoms with Crippen molar-refractivity contribution in [2.45, 2.75) is 0 Å². The van der Waals surface area contributed by atoms with E-state index in [1.807, 2.05) is 36.4 Å². The number of benzene rings is 2. The summed E-state index contributed by atoms with van der Waals surface area (Å²) < 4.78 is 17.6. The van der Waals surface area contributed by atoms with Crippen LogP contribution in [0.25, 0.3) is 22.3 Å². The second-order valence-corrected chi connectivity index (χ2v) is 4.50. The highest BCUT2D eigenvalue weighted by Gasteiger charge is 2.08. The lowest BCUT2D eigenvalue weighted by Crippen LogP contribution is -2.00. The van der Waals surface area contributed by atoms with Crippen LogP contribution in [-0.4, -0.2) is 23.2 Å². The van der Waals surface area contributed by atoms with Crippen LogP contribution in [0.15, 0.2) is 48.7 Å². The fraction of sp³-hybridized carbons (Fsp3) is 0.125. The number of aromatic nitrogens is 2.